The summed E-state index contributed by atoms with van der Waals surface area (Å²) in [6.45, 7) is 8.86. The van der Waals surface area contributed by atoms with Crippen LogP contribution in [0.1, 0.15) is 39.3 Å². The van der Waals surface area contributed by atoms with Crippen LogP contribution in [0.15, 0.2) is 42.5 Å². The minimum absolute atomic E-state index is 0.0362. The SMILES string of the molecule is CCOc1ccc([C@@H](C)N[C@H](C)C(=O)Nc2ccc(Cl)cc2)cc1OCC. The maximum absolute atomic E-state index is 12.4. The van der Waals surface area contributed by atoms with Gasteiger partial charge >= 0.3 is 0 Å². The third-order valence-corrected chi connectivity index (χ3v) is 4.32. The average Bonchev–Trinajstić information content (AvgIpc) is 2.65. The van der Waals surface area contributed by atoms with Crippen LogP contribution in [0.3, 0.4) is 0 Å². The summed E-state index contributed by atoms with van der Waals surface area (Å²) >= 11 is 5.87. The van der Waals surface area contributed by atoms with Crippen molar-refractivity contribution in [3.8, 4) is 11.5 Å². The Hall–Kier alpha value is -2.24. The van der Waals surface area contributed by atoms with E-state index in [-0.39, 0.29) is 18.0 Å². The highest BCUT2D eigenvalue weighted by Crippen LogP contribution is 2.30. The molecule has 6 heteroatoms. The van der Waals surface area contributed by atoms with Gasteiger partial charge in [-0.25, -0.2) is 0 Å². The van der Waals surface area contributed by atoms with Crippen LogP contribution >= 0.6 is 11.6 Å². The van der Waals surface area contributed by atoms with Crippen LogP contribution < -0.4 is 20.1 Å². The Morgan fingerprint density at radius 1 is 1.00 bits per heavy atom. The van der Waals surface area contributed by atoms with Gasteiger partial charge in [0.05, 0.1) is 19.3 Å². The van der Waals surface area contributed by atoms with Crippen LogP contribution in [0.25, 0.3) is 0 Å². The molecule has 0 fully saturated rings. The number of benzene rings is 2. The lowest BCUT2D eigenvalue weighted by Crippen LogP contribution is -2.39. The van der Waals surface area contributed by atoms with Crippen LogP contribution in [0.5, 0.6) is 11.5 Å². The minimum atomic E-state index is -0.377. The topological polar surface area (TPSA) is 59.6 Å². The standard InChI is InChI=1S/C21H27ClN2O3/c1-5-26-19-12-7-16(13-20(19)27-6-2)14(3)23-15(4)21(25)24-18-10-8-17(22)9-11-18/h7-15,23H,5-6H2,1-4H3,(H,24,25)/t14-,15-/m1/s1. The molecule has 2 aromatic carbocycles. The molecular formula is C21H27ClN2O3. The van der Waals surface area contributed by atoms with E-state index in [0.29, 0.717) is 29.7 Å². The molecule has 2 rings (SSSR count). The third-order valence-electron chi connectivity index (χ3n) is 4.07. The molecule has 0 aliphatic carbocycles. The summed E-state index contributed by atoms with van der Waals surface area (Å²) in [5.41, 5.74) is 1.73. The van der Waals surface area contributed by atoms with Crippen molar-refractivity contribution in [1.29, 1.82) is 0 Å². The zero-order chi connectivity index (χ0) is 19.8. The lowest BCUT2D eigenvalue weighted by molar-refractivity contribution is -0.117. The van der Waals surface area contributed by atoms with E-state index in [1.807, 2.05) is 45.9 Å². The Kier molecular flexibility index (Phi) is 7.95. The number of ether oxygens (including phenoxy) is 2. The monoisotopic (exact) mass is 390 g/mol. The molecular weight excluding hydrogens is 364 g/mol. The fraction of sp³-hybridized carbons (Fsp3) is 0.381. The Morgan fingerprint density at radius 2 is 1.63 bits per heavy atom. The van der Waals surface area contributed by atoms with E-state index in [4.69, 9.17) is 21.1 Å². The molecule has 0 saturated heterocycles. The van der Waals surface area contributed by atoms with E-state index >= 15 is 0 Å². The fourth-order valence-electron chi connectivity index (χ4n) is 2.67. The highest BCUT2D eigenvalue weighted by Gasteiger charge is 2.18. The molecule has 27 heavy (non-hydrogen) atoms. The summed E-state index contributed by atoms with van der Waals surface area (Å²) < 4.78 is 11.3. The number of carbonyl (C=O) groups is 1. The highest BCUT2D eigenvalue weighted by molar-refractivity contribution is 6.30. The lowest BCUT2D eigenvalue weighted by Gasteiger charge is -2.21. The Morgan fingerprint density at radius 3 is 2.26 bits per heavy atom. The molecule has 0 aromatic heterocycles. The van der Waals surface area contributed by atoms with Gasteiger partial charge in [-0.3, -0.25) is 10.1 Å². The van der Waals surface area contributed by atoms with E-state index in [9.17, 15) is 4.79 Å². The first-order valence-corrected chi connectivity index (χ1v) is 9.54. The van der Waals surface area contributed by atoms with Gasteiger partial charge in [0.1, 0.15) is 0 Å². The number of hydrogen-bond donors (Lipinski definition) is 2. The molecule has 2 aromatic rings. The summed E-state index contributed by atoms with van der Waals surface area (Å²) in [4.78, 5) is 12.4. The van der Waals surface area contributed by atoms with Gasteiger partial charge in [0.2, 0.25) is 5.91 Å². The predicted octanol–water partition coefficient (Wildman–Crippen LogP) is 4.82. The zero-order valence-electron chi connectivity index (χ0n) is 16.2. The number of rotatable bonds is 9. The van der Waals surface area contributed by atoms with Gasteiger partial charge < -0.3 is 14.8 Å². The van der Waals surface area contributed by atoms with Crippen molar-refractivity contribution in [3.05, 3.63) is 53.1 Å². The molecule has 0 spiro atoms. The predicted molar refractivity (Wildman–Crippen MR) is 110 cm³/mol. The number of halogens is 1. The smallest absolute Gasteiger partial charge is 0.241 e. The summed E-state index contributed by atoms with van der Waals surface area (Å²) in [6, 6.07) is 12.5. The summed E-state index contributed by atoms with van der Waals surface area (Å²) in [5.74, 6) is 1.33. The molecule has 1 amide bonds. The van der Waals surface area contributed by atoms with Gasteiger partial charge in [-0.1, -0.05) is 17.7 Å². The normalized spacial score (nSPS) is 12.9. The number of amides is 1. The van der Waals surface area contributed by atoms with Gasteiger partial charge in [0, 0.05) is 16.8 Å². The van der Waals surface area contributed by atoms with Crippen LogP contribution in [0, 0.1) is 0 Å². The highest BCUT2D eigenvalue weighted by atomic mass is 35.5. The maximum atomic E-state index is 12.4. The summed E-state index contributed by atoms with van der Waals surface area (Å²) in [7, 11) is 0. The first-order valence-electron chi connectivity index (χ1n) is 9.16. The van der Waals surface area contributed by atoms with Crippen LogP contribution in [-0.2, 0) is 4.79 Å². The molecule has 0 saturated carbocycles. The molecule has 0 radical (unpaired) electrons. The zero-order valence-corrected chi connectivity index (χ0v) is 17.0. The Bertz CT molecular complexity index is 750. The Balaban J connectivity index is 2.02. The van der Waals surface area contributed by atoms with Crippen molar-refractivity contribution < 1.29 is 14.3 Å². The molecule has 2 N–H and O–H groups in total. The quantitative estimate of drug-likeness (QED) is 0.644. The number of carbonyl (C=O) groups excluding carboxylic acids is 1. The van der Waals surface area contributed by atoms with Gasteiger partial charge in [0.15, 0.2) is 11.5 Å². The molecule has 0 heterocycles. The number of hydrogen-bond acceptors (Lipinski definition) is 4. The molecule has 0 bridgehead atoms. The van der Waals surface area contributed by atoms with Crippen LogP contribution in [0.2, 0.25) is 5.02 Å². The van der Waals surface area contributed by atoms with E-state index < -0.39 is 0 Å². The molecule has 0 unspecified atom stereocenters. The fourth-order valence-corrected chi connectivity index (χ4v) is 2.79. The lowest BCUT2D eigenvalue weighted by atomic mass is 10.1. The van der Waals surface area contributed by atoms with Crippen molar-refractivity contribution in [2.24, 2.45) is 0 Å². The molecule has 0 aliphatic rings. The van der Waals surface area contributed by atoms with E-state index in [1.54, 1.807) is 24.3 Å². The first kappa shape index (κ1) is 21.1. The van der Waals surface area contributed by atoms with Gasteiger partial charge in [0.25, 0.3) is 0 Å². The van der Waals surface area contributed by atoms with Crippen molar-refractivity contribution >= 4 is 23.2 Å². The van der Waals surface area contributed by atoms with Crippen molar-refractivity contribution in [2.45, 2.75) is 39.8 Å². The second-order valence-electron chi connectivity index (χ2n) is 6.18. The molecule has 2 atom stereocenters. The molecule has 0 aliphatic heterocycles. The maximum Gasteiger partial charge on any atom is 0.241 e. The largest absolute Gasteiger partial charge is 0.490 e. The van der Waals surface area contributed by atoms with Crippen molar-refractivity contribution in [2.75, 3.05) is 18.5 Å². The van der Waals surface area contributed by atoms with Gasteiger partial charge in [-0.05, 0) is 69.7 Å². The number of anilines is 1. The average molecular weight is 391 g/mol. The molecule has 5 nitrogen and oxygen atoms in total. The van der Waals surface area contributed by atoms with Crippen molar-refractivity contribution in [3.63, 3.8) is 0 Å². The summed E-state index contributed by atoms with van der Waals surface area (Å²) in [5, 5.41) is 6.83. The minimum Gasteiger partial charge on any atom is -0.490 e. The van der Waals surface area contributed by atoms with Crippen LogP contribution in [-0.4, -0.2) is 25.2 Å². The molecule has 146 valence electrons. The third kappa shape index (κ3) is 6.15. The summed E-state index contributed by atoms with van der Waals surface area (Å²) in [6.07, 6.45) is 0. The van der Waals surface area contributed by atoms with Gasteiger partial charge in [-0.2, -0.15) is 0 Å². The van der Waals surface area contributed by atoms with Gasteiger partial charge in [-0.15, -0.1) is 0 Å². The first-order chi connectivity index (χ1) is 12.9. The van der Waals surface area contributed by atoms with Crippen LogP contribution in [0.4, 0.5) is 5.69 Å². The van der Waals surface area contributed by atoms with E-state index in [2.05, 4.69) is 10.6 Å². The second kappa shape index (κ2) is 10.2. The number of nitrogens with one attached hydrogen (secondary N) is 2. The van der Waals surface area contributed by atoms with Crippen molar-refractivity contribution in [1.82, 2.24) is 5.32 Å². The second-order valence-corrected chi connectivity index (χ2v) is 6.61. The van der Waals surface area contributed by atoms with E-state index in [0.717, 1.165) is 11.3 Å². The van der Waals surface area contributed by atoms with E-state index in [1.165, 1.54) is 0 Å². The Labute approximate surface area is 166 Å².